The molecule has 178 valence electrons. The Bertz CT molecular complexity index is 1390. The lowest BCUT2D eigenvalue weighted by atomic mass is 9.88. The second kappa shape index (κ2) is 9.25. The zero-order valence-corrected chi connectivity index (χ0v) is 19.6. The number of benzene rings is 3. The topological polar surface area (TPSA) is 77.2 Å². The van der Waals surface area contributed by atoms with E-state index in [2.05, 4.69) is 45.9 Å². The number of carbonyl (C=O) groups is 2. The number of para-hydroxylation sites is 1. The first-order chi connectivity index (χ1) is 16.9. The van der Waals surface area contributed by atoms with E-state index in [1.54, 1.807) is 6.07 Å². The molecule has 0 unspecified atom stereocenters. The highest BCUT2D eigenvalue weighted by Gasteiger charge is 2.31. The van der Waals surface area contributed by atoms with Crippen LogP contribution in [0.4, 0.5) is 15.8 Å². The van der Waals surface area contributed by atoms with Crippen molar-refractivity contribution in [2.24, 2.45) is 0 Å². The Morgan fingerprint density at radius 2 is 1.89 bits per heavy atom. The fraction of sp³-hybridized carbons (Fsp3) is 0.214. The molecular formula is C28H27FN4O2. The number of aromatic amines is 1. The van der Waals surface area contributed by atoms with Gasteiger partial charge in [0.25, 0.3) is 0 Å². The van der Waals surface area contributed by atoms with Gasteiger partial charge in [-0.3, -0.25) is 9.59 Å². The monoisotopic (exact) mass is 470 g/mol. The molecule has 3 N–H and O–H groups in total. The molecule has 35 heavy (non-hydrogen) atoms. The molecule has 1 aromatic heterocycles. The predicted octanol–water partition coefficient (Wildman–Crippen LogP) is 4.75. The Labute approximate surface area is 203 Å². The number of rotatable bonds is 6. The number of amides is 2. The zero-order valence-electron chi connectivity index (χ0n) is 19.6. The van der Waals surface area contributed by atoms with Crippen LogP contribution in [0.15, 0.2) is 72.9 Å². The standard InChI is InChI=1S/C28H27FN4O2/c1-33(2)19-10-7-17(8-11-19)23(24-16-30-25-6-4-3-5-20(24)25)15-31-28(35)22-14-27(34)32-26-13-18(29)9-12-21(22)26/h3-13,16,22-23,30H,14-15H2,1-2H3,(H,31,35)(H,32,34)/t22-,23+/m0/s1. The number of aromatic nitrogens is 1. The third-order valence-electron chi connectivity index (χ3n) is 6.66. The Balaban J connectivity index is 1.44. The number of hydrogen-bond acceptors (Lipinski definition) is 3. The summed E-state index contributed by atoms with van der Waals surface area (Å²) in [6.45, 7) is 0.358. The molecule has 2 amide bonds. The predicted molar refractivity (Wildman–Crippen MR) is 136 cm³/mol. The fourth-order valence-corrected chi connectivity index (χ4v) is 4.79. The Kier molecular flexibility index (Phi) is 5.99. The molecule has 0 radical (unpaired) electrons. The number of nitrogens with zero attached hydrogens (tertiary/aromatic N) is 1. The quantitative estimate of drug-likeness (QED) is 0.381. The summed E-state index contributed by atoms with van der Waals surface area (Å²) in [5.74, 6) is -1.76. The van der Waals surface area contributed by atoms with Crippen molar-refractivity contribution in [1.29, 1.82) is 0 Å². The summed E-state index contributed by atoms with van der Waals surface area (Å²) in [7, 11) is 3.99. The van der Waals surface area contributed by atoms with Crippen LogP contribution in [0, 0.1) is 5.82 Å². The first kappa shape index (κ1) is 22.7. The number of nitrogens with one attached hydrogen (secondary N) is 3. The van der Waals surface area contributed by atoms with Crippen molar-refractivity contribution >= 4 is 34.1 Å². The molecule has 1 aliphatic rings. The van der Waals surface area contributed by atoms with Crippen LogP contribution in [0.25, 0.3) is 10.9 Å². The lowest BCUT2D eigenvalue weighted by Gasteiger charge is -2.26. The summed E-state index contributed by atoms with van der Waals surface area (Å²) in [5.41, 5.74) is 5.26. The van der Waals surface area contributed by atoms with Crippen LogP contribution >= 0.6 is 0 Å². The second-order valence-electron chi connectivity index (χ2n) is 9.11. The third-order valence-corrected chi connectivity index (χ3v) is 6.66. The van der Waals surface area contributed by atoms with Crippen molar-refractivity contribution in [2.75, 3.05) is 30.9 Å². The van der Waals surface area contributed by atoms with Gasteiger partial charge in [-0.2, -0.15) is 0 Å². The highest BCUT2D eigenvalue weighted by molar-refractivity contribution is 6.01. The molecule has 3 aromatic carbocycles. The van der Waals surface area contributed by atoms with E-state index in [1.807, 2.05) is 43.4 Å². The molecule has 7 heteroatoms. The van der Waals surface area contributed by atoms with Gasteiger partial charge in [0, 0.05) is 61.5 Å². The van der Waals surface area contributed by atoms with Crippen LogP contribution in [-0.4, -0.2) is 37.4 Å². The highest BCUT2D eigenvalue weighted by Crippen LogP contribution is 2.34. The van der Waals surface area contributed by atoms with E-state index < -0.39 is 11.7 Å². The molecule has 5 rings (SSSR count). The minimum Gasteiger partial charge on any atom is -0.378 e. The van der Waals surface area contributed by atoms with Crippen LogP contribution < -0.4 is 15.5 Å². The van der Waals surface area contributed by atoms with Gasteiger partial charge >= 0.3 is 0 Å². The van der Waals surface area contributed by atoms with Crippen molar-refractivity contribution in [2.45, 2.75) is 18.3 Å². The van der Waals surface area contributed by atoms with Gasteiger partial charge in [-0.05, 0) is 47.0 Å². The molecule has 6 nitrogen and oxygen atoms in total. The summed E-state index contributed by atoms with van der Waals surface area (Å²) < 4.78 is 13.7. The maximum absolute atomic E-state index is 13.7. The minimum atomic E-state index is -0.668. The van der Waals surface area contributed by atoms with Gasteiger partial charge in [-0.25, -0.2) is 4.39 Å². The SMILES string of the molecule is CN(C)c1ccc([C@@H](CNC(=O)[C@H]2CC(=O)Nc3cc(F)ccc32)c2c[nH]c3ccccc23)cc1. The van der Waals surface area contributed by atoms with Gasteiger partial charge in [-0.1, -0.05) is 36.4 Å². The number of hydrogen-bond donors (Lipinski definition) is 3. The summed E-state index contributed by atoms with van der Waals surface area (Å²) in [6, 6.07) is 20.5. The van der Waals surface area contributed by atoms with Crippen molar-refractivity contribution in [3.05, 3.63) is 95.4 Å². The average Bonchev–Trinajstić information content (AvgIpc) is 3.27. The largest absolute Gasteiger partial charge is 0.378 e. The summed E-state index contributed by atoms with van der Waals surface area (Å²) in [5, 5.41) is 6.84. The van der Waals surface area contributed by atoms with E-state index >= 15 is 0 Å². The molecule has 0 bridgehead atoms. The molecule has 0 fully saturated rings. The molecule has 4 aromatic rings. The first-order valence-electron chi connectivity index (χ1n) is 11.6. The van der Waals surface area contributed by atoms with Crippen LogP contribution in [0.2, 0.25) is 0 Å². The van der Waals surface area contributed by atoms with Gasteiger partial charge < -0.3 is 20.5 Å². The van der Waals surface area contributed by atoms with Crippen LogP contribution in [0.3, 0.4) is 0 Å². The smallest absolute Gasteiger partial charge is 0.228 e. The van der Waals surface area contributed by atoms with Gasteiger partial charge in [0.05, 0.1) is 5.92 Å². The number of carbonyl (C=O) groups excluding carboxylic acids is 2. The molecule has 0 saturated heterocycles. The summed E-state index contributed by atoms with van der Waals surface area (Å²) in [4.78, 5) is 30.9. The molecular weight excluding hydrogens is 443 g/mol. The van der Waals surface area contributed by atoms with Crippen molar-refractivity contribution in [3.8, 4) is 0 Å². The average molecular weight is 471 g/mol. The van der Waals surface area contributed by atoms with Crippen molar-refractivity contribution < 1.29 is 14.0 Å². The molecule has 1 aliphatic heterocycles. The van der Waals surface area contributed by atoms with Gasteiger partial charge in [0.2, 0.25) is 11.8 Å². The van der Waals surface area contributed by atoms with E-state index in [9.17, 15) is 14.0 Å². The molecule has 0 saturated carbocycles. The summed E-state index contributed by atoms with van der Waals surface area (Å²) >= 11 is 0. The highest BCUT2D eigenvalue weighted by atomic mass is 19.1. The van der Waals surface area contributed by atoms with Crippen LogP contribution in [0.1, 0.15) is 34.9 Å². The number of fused-ring (bicyclic) bond motifs is 2. The van der Waals surface area contributed by atoms with E-state index in [-0.39, 0.29) is 24.2 Å². The zero-order chi connectivity index (χ0) is 24.5. The number of H-pyrrole nitrogens is 1. The van der Waals surface area contributed by atoms with Crippen molar-refractivity contribution in [1.82, 2.24) is 10.3 Å². The molecule has 0 spiro atoms. The van der Waals surface area contributed by atoms with E-state index in [0.29, 0.717) is 17.8 Å². The molecule has 2 heterocycles. The number of anilines is 2. The first-order valence-corrected chi connectivity index (χ1v) is 11.6. The van der Waals surface area contributed by atoms with Crippen LogP contribution in [-0.2, 0) is 9.59 Å². The Morgan fingerprint density at radius 3 is 2.66 bits per heavy atom. The summed E-state index contributed by atoms with van der Waals surface area (Å²) in [6.07, 6.45) is 2.02. The van der Waals surface area contributed by atoms with Crippen LogP contribution in [0.5, 0.6) is 0 Å². The lowest BCUT2D eigenvalue weighted by molar-refractivity contribution is -0.126. The normalized spacial score (nSPS) is 15.9. The minimum absolute atomic E-state index is 0.0275. The maximum atomic E-state index is 13.7. The Hall–Kier alpha value is -4.13. The fourth-order valence-electron chi connectivity index (χ4n) is 4.79. The van der Waals surface area contributed by atoms with Gasteiger partial charge in [0.1, 0.15) is 5.82 Å². The lowest BCUT2D eigenvalue weighted by Crippen LogP contribution is -2.37. The van der Waals surface area contributed by atoms with Gasteiger partial charge in [0.15, 0.2) is 0 Å². The van der Waals surface area contributed by atoms with E-state index in [1.165, 1.54) is 12.1 Å². The van der Waals surface area contributed by atoms with Crippen molar-refractivity contribution in [3.63, 3.8) is 0 Å². The molecule has 0 aliphatic carbocycles. The molecule has 2 atom stereocenters. The second-order valence-corrected chi connectivity index (χ2v) is 9.11. The number of halogens is 1. The van der Waals surface area contributed by atoms with Gasteiger partial charge in [-0.15, -0.1) is 0 Å². The maximum Gasteiger partial charge on any atom is 0.228 e. The van der Waals surface area contributed by atoms with E-state index in [4.69, 9.17) is 0 Å². The third kappa shape index (κ3) is 4.49. The van der Waals surface area contributed by atoms with E-state index in [0.717, 1.165) is 27.7 Å². The Morgan fingerprint density at radius 1 is 1.11 bits per heavy atom.